The number of nitrogens with one attached hydrogen (secondary N) is 1. The summed E-state index contributed by atoms with van der Waals surface area (Å²) in [5, 5.41) is 3.14. The van der Waals surface area contributed by atoms with Crippen molar-refractivity contribution in [3.63, 3.8) is 0 Å². The van der Waals surface area contributed by atoms with Gasteiger partial charge in [-0.25, -0.2) is 9.37 Å². The number of amides is 1. The lowest BCUT2D eigenvalue weighted by Crippen LogP contribution is -2.25. The van der Waals surface area contributed by atoms with Gasteiger partial charge >= 0.3 is 6.18 Å². The molecule has 0 aliphatic rings. The van der Waals surface area contributed by atoms with E-state index < -0.39 is 29.0 Å². The van der Waals surface area contributed by atoms with Gasteiger partial charge in [-0.2, -0.15) is 13.2 Å². The van der Waals surface area contributed by atoms with Crippen molar-refractivity contribution in [3.05, 3.63) is 88.0 Å². The minimum Gasteiger partial charge on any atom is -0.493 e. The molecule has 3 aromatic carbocycles. The fourth-order valence-electron chi connectivity index (χ4n) is 3.80. The number of hydrogen-bond donors (Lipinski definition) is 1. The third kappa shape index (κ3) is 6.69. The first-order valence-electron chi connectivity index (χ1n) is 11.6. The van der Waals surface area contributed by atoms with Crippen LogP contribution in [-0.2, 0) is 23.9 Å². The Morgan fingerprint density at radius 2 is 1.64 bits per heavy atom. The number of hydrogen-bond acceptors (Lipinski definition) is 6. The Hall–Kier alpha value is -4.06. The predicted octanol–water partition coefficient (Wildman–Crippen LogP) is 5.55. The van der Waals surface area contributed by atoms with E-state index in [4.69, 9.17) is 9.47 Å². The van der Waals surface area contributed by atoms with E-state index >= 15 is 0 Å². The molecular formula is C27H23F4N3O4S. The molecule has 1 N–H and O–H groups in total. The van der Waals surface area contributed by atoms with Crippen LogP contribution in [0.3, 0.4) is 0 Å². The smallest absolute Gasteiger partial charge is 0.416 e. The Labute approximate surface area is 224 Å². The Kier molecular flexibility index (Phi) is 8.44. The number of ether oxygens (including phenoxy) is 2. The van der Waals surface area contributed by atoms with E-state index in [0.717, 1.165) is 23.9 Å². The first-order valence-corrected chi connectivity index (χ1v) is 12.6. The number of benzene rings is 3. The van der Waals surface area contributed by atoms with Gasteiger partial charge in [0.1, 0.15) is 5.82 Å². The highest BCUT2D eigenvalue weighted by Crippen LogP contribution is 2.32. The summed E-state index contributed by atoms with van der Waals surface area (Å²) >= 11 is 1.02. The van der Waals surface area contributed by atoms with E-state index in [1.54, 1.807) is 6.07 Å². The zero-order chi connectivity index (χ0) is 28.2. The molecule has 0 aliphatic heterocycles. The first-order chi connectivity index (χ1) is 18.6. The van der Waals surface area contributed by atoms with Crippen LogP contribution in [0.4, 0.5) is 23.2 Å². The van der Waals surface area contributed by atoms with Crippen LogP contribution < -0.4 is 20.3 Å². The van der Waals surface area contributed by atoms with E-state index in [0.29, 0.717) is 28.3 Å². The number of anilines is 1. The normalized spacial score (nSPS) is 11.4. The Morgan fingerprint density at radius 3 is 2.26 bits per heavy atom. The molecule has 1 amide bonds. The van der Waals surface area contributed by atoms with Crippen LogP contribution in [-0.4, -0.2) is 35.4 Å². The Bertz CT molecular complexity index is 1540. The lowest BCUT2D eigenvalue weighted by Gasteiger charge is -2.15. The molecule has 0 saturated carbocycles. The molecule has 0 radical (unpaired) electrons. The number of fused-ring (bicyclic) bond motifs is 1. The van der Waals surface area contributed by atoms with Crippen LogP contribution in [0.25, 0.3) is 10.9 Å². The van der Waals surface area contributed by atoms with Crippen molar-refractivity contribution in [1.82, 2.24) is 9.55 Å². The quantitative estimate of drug-likeness (QED) is 0.164. The molecule has 0 unspecified atom stereocenters. The number of aromatic nitrogens is 2. The molecule has 1 heterocycles. The SMILES string of the molecule is COc1cc2nc(SCC(=O)Nc3ccc(F)cc3)n(CCc3ccc(C(F)(F)F)cc3)c(=O)c2cc1OC. The van der Waals surface area contributed by atoms with Gasteiger partial charge in [-0.05, 0) is 54.4 Å². The summed E-state index contributed by atoms with van der Waals surface area (Å²) in [5.41, 5.74) is 0.150. The second-order valence-electron chi connectivity index (χ2n) is 8.36. The van der Waals surface area contributed by atoms with E-state index in [1.807, 2.05) is 0 Å². The maximum atomic E-state index is 13.5. The number of carbonyl (C=O) groups is 1. The van der Waals surface area contributed by atoms with Gasteiger partial charge in [-0.15, -0.1) is 0 Å². The Morgan fingerprint density at radius 1 is 1.00 bits per heavy atom. The van der Waals surface area contributed by atoms with Crippen molar-refractivity contribution in [2.75, 3.05) is 25.3 Å². The molecule has 0 atom stereocenters. The number of halogens is 4. The topological polar surface area (TPSA) is 82.5 Å². The monoisotopic (exact) mass is 561 g/mol. The van der Waals surface area contributed by atoms with Crippen LogP contribution in [0.2, 0.25) is 0 Å². The van der Waals surface area contributed by atoms with Crippen LogP contribution in [0, 0.1) is 5.82 Å². The van der Waals surface area contributed by atoms with E-state index in [1.165, 1.54) is 61.3 Å². The summed E-state index contributed by atoms with van der Waals surface area (Å²) in [6.45, 7) is 0.101. The van der Waals surface area contributed by atoms with Crippen LogP contribution in [0.1, 0.15) is 11.1 Å². The van der Waals surface area contributed by atoms with E-state index in [9.17, 15) is 27.2 Å². The highest BCUT2D eigenvalue weighted by Gasteiger charge is 2.30. The number of carbonyl (C=O) groups excluding carboxylic acids is 1. The number of alkyl halides is 3. The van der Waals surface area contributed by atoms with Crippen LogP contribution in [0.5, 0.6) is 11.5 Å². The maximum Gasteiger partial charge on any atom is 0.416 e. The van der Waals surface area contributed by atoms with Gasteiger partial charge in [0.25, 0.3) is 5.56 Å². The lowest BCUT2D eigenvalue weighted by molar-refractivity contribution is -0.137. The van der Waals surface area contributed by atoms with Crippen LogP contribution in [0.15, 0.2) is 70.6 Å². The van der Waals surface area contributed by atoms with Gasteiger partial charge in [0, 0.05) is 18.3 Å². The highest BCUT2D eigenvalue weighted by atomic mass is 32.2. The molecule has 0 fully saturated rings. The fourth-order valence-corrected chi connectivity index (χ4v) is 4.62. The number of thioether (sulfide) groups is 1. The van der Waals surface area contributed by atoms with Gasteiger partial charge in [-0.3, -0.25) is 14.2 Å². The van der Waals surface area contributed by atoms with Gasteiger partial charge in [-0.1, -0.05) is 23.9 Å². The molecule has 204 valence electrons. The first kappa shape index (κ1) is 28.0. The summed E-state index contributed by atoms with van der Waals surface area (Å²) in [6.07, 6.45) is -4.20. The highest BCUT2D eigenvalue weighted by molar-refractivity contribution is 7.99. The van der Waals surface area contributed by atoms with Crippen molar-refractivity contribution in [2.45, 2.75) is 24.3 Å². The average molecular weight is 562 g/mol. The van der Waals surface area contributed by atoms with Gasteiger partial charge < -0.3 is 14.8 Å². The van der Waals surface area contributed by atoms with E-state index in [-0.39, 0.29) is 29.3 Å². The molecule has 0 saturated heterocycles. The number of rotatable bonds is 9. The van der Waals surface area contributed by atoms with Gasteiger partial charge in [0.2, 0.25) is 5.91 Å². The summed E-state index contributed by atoms with van der Waals surface area (Å²) in [5.74, 6) is -0.251. The van der Waals surface area contributed by atoms with Crippen molar-refractivity contribution in [1.29, 1.82) is 0 Å². The molecule has 12 heteroatoms. The summed E-state index contributed by atoms with van der Waals surface area (Å²) in [6, 6.07) is 13.0. The molecule has 7 nitrogen and oxygen atoms in total. The average Bonchev–Trinajstić information content (AvgIpc) is 2.91. The van der Waals surface area contributed by atoms with E-state index in [2.05, 4.69) is 10.3 Å². The summed E-state index contributed by atoms with van der Waals surface area (Å²) in [7, 11) is 2.88. The number of methoxy groups -OCH3 is 2. The molecule has 0 bridgehead atoms. The minimum atomic E-state index is -4.45. The van der Waals surface area contributed by atoms with Crippen LogP contribution >= 0.6 is 11.8 Å². The minimum absolute atomic E-state index is 0.101. The molecule has 0 spiro atoms. The zero-order valence-corrected chi connectivity index (χ0v) is 21.7. The van der Waals surface area contributed by atoms with Gasteiger partial charge in [0.15, 0.2) is 16.7 Å². The Balaban J connectivity index is 1.63. The molecular weight excluding hydrogens is 538 g/mol. The molecule has 39 heavy (non-hydrogen) atoms. The number of nitrogens with zero attached hydrogens (tertiary/aromatic N) is 2. The molecule has 1 aromatic heterocycles. The second-order valence-corrected chi connectivity index (χ2v) is 9.31. The third-order valence-corrected chi connectivity index (χ3v) is 6.77. The van der Waals surface area contributed by atoms with Gasteiger partial charge in [0.05, 0.1) is 36.4 Å². The second kappa shape index (κ2) is 11.8. The molecule has 4 rings (SSSR count). The summed E-state index contributed by atoms with van der Waals surface area (Å²) in [4.78, 5) is 30.6. The lowest BCUT2D eigenvalue weighted by atomic mass is 10.1. The predicted molar refractivity (Wildman–Crippen MR) is 140 cm³/mol. The van der Waals surface area contributed by atoms with Crippen molar-refractivity contribution >= 4 is 34.3 Å². The number of aryl methyl sites for hydroxylation is 1. The summed E-state index contributed by atoms with van der Waals surface area (Å²) < 4.78 is 63.9. The largest absolute Gasteiger partial charge is 0.493 e. The maximum absolute atomic E-state index is 13.5. The standard InChI is InChI=1S/C27H23F4N3O4S/c1-37-22-13-20-21(14-23(22)38-2)33-26(39-15-24(35)32-19-9-7-18(28)8-10-19)34(25(20)36)12-11-16-3-5-17(6-4-16)27(29,30)31/h3-10,13-14H,11-12,15H2,1-2H3,(H,32,35). The zero-order valence-electron chi connectivity index (χ0n) is 20.8. The van der Waals surface area contributed by atoms with Crippen molar-refractivity contribution < 1.29 is 31.8 Å². The molecule has 0 aliphatic carbocycles. The van der Waals surface area contributed by atoms with Crippen molar-refractivity contribution in [2.24, 2.45) is 0 Å². The van der Waals surface area contributed by atoms with Crippen molar-refractivity contribution in [3.8, 4) is 11.5 Å². The fraction of sp³-hybridized carbons (Fsp3) is 0.222. The third-order valence-electron chi connectivity index (χ3n) is 5.79. The molecule has 4 aromatic rings.